The third-order valence-electron chi connectivity index (χ3n) is 4.31. The molecule has 3 N–H and O–H groups in total. The van der Waals surface area contributed by atoms with Crippen LogP contribution in [0.2, 0.25) is 0 Å². The molecule has 1 aromatic carbocycles. The number of piperazine rings is 1. The maximum atomic E-state index is 5.84. The van der Waals surface area contributed by atoms with Crippen LogP contribution < -0.4 is 11.1 Å². The fourth-order valence-corrected chi connectivity index (χ4v) is 2.97. The first kappa shape index (κ1) is 15.2. The topological polar surface area (TPSA) is 54.2 Å². The normalized spacial score (nSPS) is 15.9. The third kappa shape index (κ3) is 3.35. The van der Waals surface area contributed by atoms with E-state index in [0.717, 1.165) is 55.2 Å². The molecule has 0 aliphatic carbocycles. The van der Waals surface area contributed by atoms with Crippen LogP contribution in [0, 0.1) is 6.92 Å². The van der Waals surface area contributed by atoms with Crippen LogP contribution in [0.1, 0.15) is 16.8 Å². The van der Waals surface area contributed by atoms with E-state index in [1.807, 2.05) is 12.1 Å². The van der Waals surface area contributed by atoms with Crippen molar-refractivity contribution in [2.75, 3.05) is 26.2 Å². The van der Waals surface area contributed by atoms with Gasteiger partial charge in [0.05, 0.1) is 5.69 Å². The summed E-state index contributed by atoms with van der Waals surface area (Å²) in [7, 11) is 0. The van der Waals surface area contributed by atoms with Gasteiger partial charge in [0, 0.05) is 50.5 Å². The molecular weight excluding hydrogens is 272 g/mol. The van der Waals surface area contributed by atoms with E-state index in [1.165, 1.54) is 5.56 Å². The second kappa shape index (κ2) is 7.01. The zero-order valence-electron chi connectivity index (χ0n) is 13.2. The number of aryl methyl sites for hydroxylation is 1. The van der Waals surface area contributed by atoms with Crippen molar-refractivity contribution < 1.29 is 0 Å². The highest BCUT2D eigenvalue weighted by molar-refractivity contribution is 5.64. The summed E-state index contributed by atoms with van der Waals surface area (Å²) in [5.74, 6) is 0. The Morgan fingerprint density at radius 3 is 2.59 bits per heavy atom. The molecule has 3 rings (SSSR count). The van der Waals surface area contributed by atoms with Gasteiger partial charge in [0.1, 0.15) is 0 Å². The van der Waals surface area contributed by atoms with Gasteiger partial charge in [-0.3, -0.25) is 9.88 Å². The quantitative estimate of drug-likeness (QED) is 0.905. The number of benzene rings is 1. The molecule has 1 aliphatic rings. The zero-order valence-corrected chi connectivity index (χ0v) is 13.2. The van der Waals surface area contributed by atoms with Gasteiger partial charge in [0.15, 0.2) is 0 Å². The molecule has 4 heteroatoms. The van der Waals surface area contributed by atoms with Gasteiger partial charge in [-0.25, -0.2) is 0 Å². The molecule has 116 valence electrons. The second-order valence-corrected chi connectivity index (χ2v) is 5.83. The van der Waals surface area contributed by atoms with E-state index in [1.54, 1.807) is 0 Å². The summed E-state index contributed by atoms with van der Waals surface area (Å²) < 4.78 is 0. The average molecular weight is 296 g/mol. The Morgan fingerprint density at radius 2 is 1.86 bits per heavy atom. The predicted molar refractivity (Wildman–Crippen MR) is 90.4 cm³/mol. The van der Waals surface area contributed by atoms with Gasteiger partial charge >= 0.3 is 0 Å². The van der Waals surface area contributed by atoms with Crippen LogP contribution in [0.5, 0.6) is 0 Å². The van der Waals surface area contributed by atoms with E-state index in [2.05, 4.69) is 41.4 Å². The second-order valence-electron chi connectivity index (χ2n) is 5.83. The third-order valence-corrected chi connectivity index (χ3v) is 4.31. The summed E-state index contributed by atoms with van der Waals surface area (Å²) >= 11 is 0. The van der Waals surface area contributed by atoms with E-state index in [9.17, 15) is 0 Å². The molecule has 1 aromatic heterocycles. The highest BCUT2D eigenvalue weighted by atomic mass is 15.2. The fourth-order valence-electron chi connectivity index (χ4n) is 2.97. The van der Waals surface area contributed by atoms with Crippen molar-refractivity contribution in [3.8, 4) is 11.3 Å². The predicted octanol–water partition coefficient (Wildman–Crippen LogP) is 1.92. The number of nitrogens with one attached hydrogen (secondary N) is 1. The minimum absolute atomic E-state index is 0.541. The molecule has 0 amide bonds. The lowest BCUT2D eigenvalue weighted by Gasteiger charge is -2.27. The molecule has 4 nitrogen and oxygen atoms in total. The highest BCUT2D eigenvalue weighted by Crippen LogP contribution is 2.23. The monoisotopic (exact) mass is 296 g/mol. The first-order valence-corrected chi connectivity index (χ1v) is 7.96. The molecule has 0 bridgehead atoms. The smallest absolute Gasteiger partial charge is 0.0708 e. The maximum absolute atomic E-state index is 5.84. The summed E-state index contributed by atoms with van der Waals surface area (Å²) in [4.78, 5) is 7.30. The van der Waals surface area contributed by atoms with Gasteiger partial charge in [-0.15, -0.1) is 0 Å². The molecule has 0 atom stereocenters. The van der Waals surface area contributed by atoms with Crippen molar-refractivity contribution in [1.82, 2.24) is 15.2 Å². The number of hydrogen-bond acceptors (Lipinski definition) is 4. The van der Waals surface area contributed by atoms with Crippen LogP contribution in [0.15, 0.2) is 36.4 Å². The first-order chi connectivity index (χ1) is 10.8. The van der Waals surface area contributed by atoms with Crippen LogP contribution in [-0.4, -0.2) is 36.1 Å². The number of aromatic nitrogens is 1. The Kier molecular flexibility index (Phi) is 4.83. The maximum Gasteiger partial charge on any atom is 0.0708 e. The Labute approximate surface area is 132 Å². The standard InChI is InChI=1S/C18H24N4/c1-14-16(13-22-10-8-20-9-11-22)6-7-18(21-14)17-5-3-2-4-15(17)12-19/h2-7,20H,8-13,19H2,1H3. The Bertz CT molecular complexity index is 633. The van der Waals surface area contributed by atoms with Gasteiger partial charge in [-0.1, -0.05) is 30.3 Å². The summed E-state index contributed by atoms with van der Waals surface area (Å²) in [5.41, 5.74) is 11.6. The minimum Gasteiger partial charge on any atom is -0.326 e. The lowest BCUT2D eigenvalue weighted by atomic mass is 10.0. The van der Waals surface area contributed by atoms with E-state index < -0.39 is 0 Å². The molecule has 0 unspecified atom stereocenters. The van der Waals surface area contributed by atoms with Crippen LogP contribution in [0.3, 0.4) is 0 Å². The molecule has 22 heavy (non-hydrogen) atoms. The number of pyridine rings is 1. The van der Waals surface area contributed by atoms with Crippen molar-refractivity contribution in [3.63, 3.8) is 0 Å². The van der Waals surface area contributed by atoms with E-state index in [4.69, 9.17) is 10.7 Å². The number of nitrogens with two attached hydrogens (primary N) is 1. The molecule has 1 fully saturated rings. The van der Waals surface area contributed by atoms with Gasteiger partial charge in [0.25, 0.3) is 0 Å². The van der Waals surface area contributed by atoms with E-state index in [-0.39, 0.29) is 0 Å². The lowest BCUT2D eigenvalue weighted by Crippen LogP contribution is -2.43. The van der Waals surface area contributed by atoms with Crippen molar-refractivity contribution in [2.24, 2.45) is 5.73 Å². The van der Waals surface area contributed by atoms with Gasteiger partial charge < -0.3 is 11.1 Å². The number of nitrogens with zero attached hydrogens (tertiary/aromatic N) is 2. The van der Waals surface area contributed by atoms with Crippen LogP contribution in [0.4, 0.5) is 0 Å². The van der Waals surface area contributed by atoms with Crippen molar-refractivity contribution in [3.05, 3.63) is 53.2 Å². The SMILES string of the molecule is Cc1nc(-c2ccccc2CN)ccc1CN1CCNCC1. The van der Waals surface area contributed by atoms with Gasteiger partial charge in [-0.2, -0.15) is 0 Å². The van der Waals surface area contributed by atoms with Crippen LogP contribution >= 0.6 is 0 Å². The first-order valence-electron chi connectivity index (χ1n) is 7.96. The number of rotatable bonds is 4. The molecule has 0 saturated carbocycles. The summed E-state index contributed by atoms with van der Waals surface area (Å²) in [5, 5.41) is 3.39. The fraction of sp³-hybridized carbons (Fsp3) is 0.389. The number of hydrogen-bond donors (Lipinski definition) is 2. The highest BCUT2D eigenvalue weighted by Gasteiger charge is 2.13. The van der Waals surface area contributed by atoms with E-state index >= 15 is 0 Å². The van der Waals surface area contributed by atoms with E-state index in [0.29, 0.717) is 6.54 Å². The molecule has 2 heterocycles. The Morgan fingerprint density at radius 1 is 1.09 bits per heavy atom. The Balaban J connectivity index is 1.82. The van der Waals surface area contributed by atoms with Crippen molar-refractivity contribution >= 4 is 0 Å². The summed E-state index contributed by atoms with van der Waals surface area (Å²) in [6, 6.07) is 12.6. The summed E-state index contributed by atoms with van der Waals surface area (Å²) in [6.07, 6.45) is 0. The molecule has 0 radical (unpaired) electrons. The summed E-state index contributed by atoms with van der Waals surface area (Å²) in [6.45, 7) is 8.00. The van der Waals surface area contributed by atoms with Crippen LogP contribution in [-0.2, 0) is 13.1 Å². The van der Waals surface area contributed by atoms with Gasteiger partial charge in [0.2, 0.25) is 0 Å². The van der Waals surface area contributed by atoms with Crippen LogP contribution in [0.25, 0.3) is 11.3 Å². The lowest BCUT2D eigenvalue weighted by molar-refractivity contribution is 0.232. The largest absolute Gasteiger partial charge is 0.326 e. The molecule has 1 aliphatic heterocycles. The molecule has 0 spiro atoms. The zero-order chi connectivity index (χ0) is 15.4. The minimum atomic E-state index is 0.541. The molecule has 1 saturated heterocycles. The average Bonchev–Trinajstić information content (AvgIpc) is 2.57. The molecule has 2 aromatic rings. The van der Waals surface area contributed by atoms with Gasteiger partial charge in [-0.05, 0) is 24.1 Å². The van der Waals surface area contributed by atoms with Crippen molar-refractivity contribution in [1.29, 1.82) is 0 Å². The van der Waals surface area contributed by atoms with Crippen molar-refractivity contribution in [2.45, 2.75) is 20.0 Å². The molecular formula is C18H24N4. The Hall–Kier alpha value is -1.75.